The van der Waals surface area contributed by atoms with Crippen molar-refractivity contribution >= 4 is 12.3 Å². The van der Waals surface area contributed by atoms with Crippen LogP contribution in [0.15, 0.2) is 11.8 Å². The number of hydrogen-bond acceptors (Lipinski definition) is 5. The molecular formula is C16H29N3O4. The number of allylic oxidation sites excluding steroid dienone is 1. The lowest BCUT2D eigenvalue weighted by atomic mass is 10.1. The molecule has 3 N–H and O–H groups in total. The van der Waals surface area contributed by atoms with Crippen LogP contribution < -0.4 is 10.6 Å². The summed E-state index contributed by atoms with van der Waals surface area (Å²) >= 11 is 0. The van der Waals surface area contributed by atoms with Crippen molar-refractivity contribution in [2.75, 3.05) is 20.2 Å². The Morgan fingerprint density at radius 1 is 1.48 bits per heavy atom. The van der Waals surface area contributed by atoms with E-state index in [2.05, 4.69) is 24.5 Å². The standard InChI is InChI=1S/C16H29N3O4/c1-11(2)5-6-18-14-7-13(10-21)23-15(14)19(16(22)17-4)8-12(3)9-20/h8-9,11,13-15,18,21H,5-7,10H2,1-4H3,(H,17,22)/b12-8-/t13-,14+,15+/m0/s1. The maximum Gasteiger partial charge on any atom is 0.323 e. The number of hydrogen-bond donors (Lipinski definition) is 3. The van der Waals surface area contributed by atoms with Gasteiger partial charge in [-0.3, -0.25) is 9.69 Å². The lowest BCUT2D eigenvalue weighted by Gasteiger charge is -2.30. The molecule has 7 heteroatoms. The van der Waals surface area contributed by atoms with Crippen LogP contribution in [0.25, 0.3) is 0 Å². The van der Waals surface area contributed by atoms with Crippen LogP contribution in [0, 0.1) is 5.92 Å². The van der Waals surface area contributed by atoms with E-state index in [-0.39, 0.29) is 24.8 Å². The monoisotopic (exact) mass is 327 g/mol. The average molecular weight is 327 g/mol. The third-order valence-corrected chi connectivity index (χ3v) is 3.78. The Labute approximate surface area is 138 Å². The zero-order chi connectivity index (χ0) is 17.4. The normalized spacial score (nSPS) is 24.8. The van der Waals surface area contributed by atoms with E-state index in [1.54, 1.807) is 6.92 Å². The molecule has 0 aliphatic carbocycles. The molecule has 1 fully saturated rings. The van der Waals surface area contributed by atoms with Crippen molar-refractivity contribution in [3.8, 4) is 0 Å². The van der Waals surface area contributed by atoms with Gasteiger partial charge in [-0.05, 0) is 32.2 Å². The molecule has 0 aromatic heterocycles. The minimum absolute atomic E-state index is 0.0982. The number of amides is 2. The van der Waals surface area contributed by atoms with Gasteiger partial charge >= 0.3 is 6.03 Å². The van der Waals surface area contributed by atoms with Crippen molar-refractivity contribution in [3.63, 3.8) is 0 Å². The molecule has 3 atom stereocenters. The number of nitrogens with one attached hydrogen (secondary N) is 2. The summed E-state index contributed by atoms with van der Waals surface area (Å²) in [6.07, 6.45) is 2.91. The van der Waals surface area contributed by atoms with Crippen LogP contribution in [0.1, 0.15) is 33.6 Å². The fourth-order valence-corrected chi connectivity index (χ4v) is 2.49. The van der Waals surface area contributed by atoms with Crippen LogP contribution in [0.2, 0.25) is 0 Å². The highest BCUT2D eigenvalue weighted by Gasteiger charge is 2.39. The second kappa shape index (κ2) is 9.64. The van der Waals surface area contributed by atoms with Crippen LogP contribution in [0.3, 0.4) is 0 Å². The summed E-state index contributed by atoms with van der Waals surface area (Å²) in [5.74, 6) is 0.573. The summed E-state index contributed by atoms with van der Waals surface area (Å²) in [6, 6.07) is -0.454. The third-order valence-electron chi connectivity index (χ3n) is 3.78. The Bertz CT molecular complexity index is 426. The highest BCUT2D eigenvalue weighted by Crippen LogP contribution is 2.24. The Morgan fingerprint density at radius 3 is 2.70 bits per heavy atom. The van der Waals surface area contributed by atoms with Crippen LogP contribution in [-0.2, 0) is 9.53 Å². The van der Waals surface area contributed by atoms with Gasteiger partial charge in [-0.15, -0.1) is 0 Å². The molecule has 1 aliphatic rings. The van der Waals surface area contributed by atoms with Gasteiger partial charge in [0, 0.05) is 18.8 Å². The predicted molar refractivity (Wildman–Crippen MR) is 87.7 cm³/mol. The number of carbonyl (C=O) groups excluding carboxylic acids is 2. The molecule has 132 valence electrons. The number of rotatable bonds is 8. The summed E-state index contributed by atoms with van der Waals surface area (Å²) in [5.41, 5.74) is 0.422. The molecule has 1 heterocycles. The van der Waals surface area contributed by atoms with Crippen LogP contribution in [0.4, 0.5) is 4.79 Å². The van der Waals surface area contributed by atoms with Gasteiger partial charge in [0.15, 0.2) is 6.23 Å². The molecule has 0 spiro atoms. The van der Waals surface area contributed by atoms with Crippen LogP contribution >= 0.6 is 0 Å². The summed E-state index contributed by atoms with van der Waals surface area (Å²) in [4.78, 5) is 24.4. The number of carbonyl (C=O) groups is 2. The van der Waals surface area contributed by atoms with Gasteiger partial charge in [0.2, 0.25) is 0 Å². The first-order valence-electron chi connectivity index (χ1n) is 8.06. The number of aldehydes is 1. The van der Waals surface area contributed by atoms with Crippen molar-refractivity contribution in [1.82, 2.24) is 15.5 Å². The quantitative estimate of drug-likeness (QED) is 0.454. The van der Waals surface area contributed by atoms with E-state index in [0.29, 0.717) is 24.2 Å². The maximum atomic E-state index is 12.2. The molecule has 1 rings (SSSR count). The largest absolute Gasteiger partial charge is 0.394 e. The third kappa shape index (κ3) is 5.93. The lowest BCUT2D eigenvalue weighted by molar-refractivity contribution is -0.105. The fraction of sp³-hybridized carbons (Fsp3) is 0.750. The molecule has 2 amide bonds. The van der Waals surface area contributed by atoms with Crippen LogP contribution in [-0.4, -0.2) is 60.9 Å². The van der Waals surface area contributed by atoms with E-state index >= 15 is 0 Å². The van der Waals surface area contributed by atoms with E-state index in [9.17, 15) is 14.7 Å². The van der Waals surface area contributed by atoms with Crippen molar-refractivity contribution in [2.24, 2.45) is 5.92 Å². The number of aliphatic hydroxyl groups excluding tert-OH is 1. The molecular weight excluding hydrogens is 298 g/mol. The molecule has 7 nitrogen and oxygen atoms in total. The molecule has 0 unspecified atom stereocenters. The van der Waals surface area contributed by atoms with E-state index in [4.69, 9.17) is 4.74 Å². The van der Waals surface area contributed by atoms with Gasteiger partial charge < -0.3 is 20.5 Å². The zero-order valence-electron chi connectivity index (χ0n) is 14.4. The summed E-state index contributed by atoms with van der Waals surface area (Å²) in [7, 11) is 1.53. The Kier molecular flexibility index (Phi) is 8.22. The lowest BCUT2D eigenvalue weighted by Crippen LogP contribution is -2.50. The first kappa shape index (κ1) is 19.6. The second-order valence-corrected chi connectivity index (χ2v) is 6.26. The van der Waals surface area contributed by atoms with Gasteiger partial charge in [0.25, 0.3) is 0 Å². The van der Waals surface area contributed by atoms with E-state index in [1.165, 1.54) is 18.1 Å². The Morgan fingerprint density at radius 2 is 2.17 bits per heavy atom. The molecule has 0 aromatic rings. The van der Waals surface area contributed by atoms with E-state index < -0.39 is 6.23 Å². The zero-order valence-corrected chi connectivity index (χ0v) is 14.4. The highest BCUT2D eigenvalue weighted by atomic mass is 16.5. The molecule has 23 heavy (non-hydrogen) atoms. The van der Waals surface area contributed by atoms with Gasteiger partial charge in [0.05, 0.1) is 18.8 Å². The number of nitrogens with zero attached hydrogens (tertiary/aromatic N) is 1. The summed E-state index contributed by atoms with van der Waals surface area (Å²) in [6.45, 7) is 6.62. The van der Waals surface area contributed by atoms with Gasteiger partial charge in [-0.25, -0.2) is 4.79 Å². The van der Waals surface area contributed by atoms with Crippen molar-refractivity contribution in [3.05, 3.63) is 11.8 Å². The van der Waals surface area contributed by atoms with Gasteiger partial charge in [0.1, 0.15) is 6.29 Å². The molecule has 0 radical (unpaired) electrons. The van der Waals surface area contributed by atoms with E-state index in [1.807, 2.05) is 0 Å². The fourth-order valence-electron chi connectivity index (χ4n) is 2.49. The first-order chi connectivity index (χ1) is 10.9. The SMILES string of the molecule is CNC(=O)N(/C=C(/C)C=O)[C@@H]1O[C@H](CO)C[C@H]1NCCC(C)C. The average Bonchev–Trinajstić information content (AvgIpc) is 2.94. The summed E-state index contributed by atoms with van der Waals surface area (Å²) in [5, 5.41) is 15.3. The maximum absolute atomic E-state index is 12.2. The number of ether oxygens (including phenoxy) is 1. The van der Waals surface area contributed by atoms with Crippen molar-refractivity contribution in [2.45, 2.75) is 52.0 Å². The highest BCUT2D eigenvalue weighted by molar-refractivity contribution is 5.78. The number of urea groups is 1. The van der Waals surface area contributed by atoms with Gasteiger partial charge in [-0.1, -0.05) is 13.8 Å². The Balaban J connectivity index is 2.89. The molecule has 0 aromatic carbocycles. The smallest absolute Gasteiger partial charge is 0.323 e. The summed E-state index contributed by atoms with van der Waals surface area (Å²) < 4.78 is 5.80. The minimum atomic E-state index is -0.561. The Hall–Kier alpha value is -1.44. The molecule has 1 saturated heterocycles. The minimum Gasteiger partial charge on any atom is -0.394 e. The van der Waals surface area contributed by atoms with Crippen molar-refractivity contribution in [1.29, 1.82) is 0 Å². The van der Waals surface area contributed by atoms with Gasteiger partial charge in [-0.2, -0.15) is 0 Å². The number of aliphatic hydroxyl groups is 1. The predicted octanol–water partition coefficient (Wildman–Crippen LogP) is 0.842. The second-order valence-electron chi connectivity index (χ2n) is 6.26. The van der Waals surface area contributed by atoms with E-state index in [0.717, 1.165) is 13.0 Å². The molecule has 1 aliphatic heterocycles. The molecule has 0 saturated carbocycles. The van der Waals surface area contributed by atoms with Crippen LogP contribution in [0.5, 0.6) is 0 Å². The molecule has 0 bridgehead atoms. The van der Waals surface area contributed by atoms with Crippen molar-refractivity contribution < 1.29 is 19.4 Å². The first-order valence-corrected chi connectivity index (χ1v) is 8.06. The topological polar surface area (TPSA) is 90.9 Å².